The van der Waals surface area contributed by atoms with E-state index in [2.05, 4.69) is 40.5 Å². The van der Waals surface area contributed by atoms with Gasteiger partial charge in [0.15, 0.2) is 23.1 Å². The second-order valence-corrected chi connectivity index (χ2v) is 9.08. The van der Waals surface area contributed by atoms with Gasteiger partial charge in [-0.1, -0.05) is 0 Å². The molecule has 0 aromatic heterocycles. The van der Waals surface area contributed by atoms with Crippen molar-refractivity contribution in [2.45, 2.75) is 58.3 Å². The molecule has 1 aliphatic heterocycles. The van der Waals surface area contributed by atoms with Gasteiger partial charge in [-0.3, -0.25) is 9.59 Å². The fourth-order valence-electron chi connectivity index (χ4n) is 5.12. The summed E-state index contributed by atoms with van der Waals surface area (Å²) in [6.45, 7) is 5.38. The molecule has 0 fully saturated rings. The maximum atomic E-state index is 13.2. The van der Waals surface area contributed by atoms with E-state index >= 15 is 0 Å². The second kappa shape index (κ2) is 8.73. The van der Waals surface area contributed by atoms with Crippen LogP contribution in [0, 0.1) is 3.57 Å². The molecule has 0 spiro atoms. The van der Waals surface area contributed by atoms with Crippen molar-refractivity contribution < 1.29 is 19.1 Å². The Morgan fingerprint density at radius 2 is 1.60 bits per heavy atom. The van der Waals surface area contributed by atoms with Gasteiger partial charge in [-0.05, 0) is 79.8 Å². The van der Waals surface area contributed by atoms with Crippen LogP contribution in [0.5, 0.6) is 11.5 Å². The van der Waals surface area contributed by atoms with E-state index in [-0.39, 0.29) is 17.5 Å². The highest BCUT2D eigenvalue weighted by Crippen LogP contribution is 2.50. The van der Waals surface area contributed by atoms with Gasteiger partial charge in [0.1, 0.15) is 0 Å². The van der Waals surface area contributed by atoms with Crippen LogP contribution in [0.15, 0.2) is 34.7 Å². The van der Waals surface area contributed by atoms with Crippen LogP contribution < -0.4 is 9.47 Å². The van der Waals surface area contributed by atoms with Gasteiger partial charge < -0.3 is 14.4 Å². The monoisotopic (exact) mass is 521 g/mol. The summed E-state index contributed by atoms with van der Waals surface area (Å²) in [5.74, 6) is 1.40. The topological polar surface area (TPSA) is 55.8 Å². The number of rotatable bonds is 5. The smallest absolute Gasteiger partial charge is 0.174 e. The summed E-state index contributed by atoms with van der Waals surface area (Å²) in [7, 11) is 1.63. The maximum absolute atomic E-state index is 13.2. The fourth-order valence-corrected chi connectivity index (χ4v) is 5.90. The van der Waals surface area contributed by atoms with Crippen LogP contribution in [0.3, 0.4) is 0 Å². The summed E-state index contributed by atoms with van der Waals surface area (Å²) in [5.41, 5.74) is 4.82. The normalized spacial score (nSPS) is 19.8. The molecule has 0 N–H and O–H groups in total. The lowest BCUT2D eigenvalue weighted by Crippen LogP contribution is -2.39. The van der Waals surface area contributed by atoms with Crippen molar-refractivity contribution in [2.75, 3.05) is 20.3 Å². The molecule has 0 amide bonds. The van der Waals surface area contributed by atoms with Crippen molar-refractivity contribution in [2.24, 2.45) is 0 Å². The zero-order chi connectivity index (χ0) is 21.4. The molecule has 2 aliphatic carbocycles. The Hall–Kier alpha value is -1.83. The van der Waals surface area contributed by atoms with Gasteiger partial charge in [-0.25, -0.2) is 0 Å². The average molecular weight is 521 g/mol. The molecular formula is C24H28INO4. The minimum Gasteiger partial charge on any atom is -0.493 e. The number of carbonyl (C=O) groups is 2. The number of benzene rings is 1. The van der Waals surface area contributed by atoms with Crippen molar-refractivity contribution in [1.82, 2.24) is 4.90 Å². The number of halogens is 1. The SMILES string of the molecule is CCOc1c(I)cc(C2C3=C(CCCC3=O)N(CC)C3=C2C(=O)CCC3)cc1OC. The molecule has 0 unspecified atom stereocenters. The molecule has 0 saturated carbocycles. The lowest BCUT2D eigenvalue weighted by atomic mass is 9.71. The summed E-state index contributed by atoms with van der Waals surface area (Å²) in [4.78, 5) is 28.6. The molecule has 1 heterocycles. The van der Waals surface area contributed by atoms with Crippen LogP contribution in [0.2, 0.25) is 0 Å². The highest BCUT2D eigenvalue weighted by molar-refractivity contribution is 14.1. The number of ether oxygens (including phenoxy) is 2. The number of nitrogens with zero attached hydrogens (tertiary/aromatic N) is 1. The van der Waals surface area contributed by atoms with Gasteiger partial charge in [0.2, 0.25) is 0 Å². The molecule has 4 rings (SSSR count). The molecule has 160 valence electrons. The molecule has 0 saturated heterocycles. The largest absolute Gasteiger partial charge is 0.493 e. The van der Waals surface area contributed by atoms with E-state index < -0.39 is 0 Å². The van der Waals surface area contributed by atoms with Crippen molar-refractivity contribution in [3.8, 4) is 11.5 Å². The highest BCUT2D eigenvalue weighted by Gasteiger charge is 2.43. The van der Waals surface area contributed by atoms with E-state index in [9.17, 15) is 9.59 Å². The average Bonchev–Trinajstić information content (AvgIpc) is 2.74. The molecule has 6 heteroatoms. The molecule has 0 bridgehead atoms. The zero-order valence-electron chi connectivity index (χ0n) is 17.8. The van der Waals surface area contributed by atoms with E-state index in [0.29, 0.717) is 30.9 Å². The van der Waals surface area contributed by atoms with E-state index in [4.69, 9.17) is 9.47 Å². The highest BCUT2D eigenvalue weighted by atomic mass is 127. The Bertz CT molecular complexity index is 918. The molecule has 3 aliphatic rings. The van der Waals surface area contributed by atoms with Gasteiger partial charge in [-0.15, -0.1) is 0 Å². The molecule has 0 atom stereocenters. The quantitative estimate of drug-likeness (QED) is 0.503. The third-order valence-corrected chi connectivity index (χ3v) is 7.08. The van der Waals surface area contributed by atoms with Crippen molar-refractivity contribution >= 4 is 34.2 Å². The molecule has 30 heavy (non-hydrogen) atoms. The minimum absolute atomic E-state index is 0.174. The molecular weight excluding hydrogens is 493 g/mol. The second-order valence-electron chi connectivity index (χ2n) is 7.92. The van der Waals surface area contributed by atoms with Crippen LogP contribution in [-0.2, 0) is 9.59 Å². The van der Waals surface area contributed by atoms with E-state index in [1.165, 1.54) is 0 Å². The summed E-state index contributed by atoms with van der Waals surface area (Å²) < 4.78 is 12.4. The number of ketones is 2. The number of hydrogen-bond donors (Lipinski definition) is 0. The third-order valence-electron chi connectivity index (χ3n) is 6.28. The van der Waals surface area contributed by atoms with Crippen LogP contribution in [0.25, 0.3) is 0 Å². The van der Waals surface area contributed by atoms with Gasteiger partial charge in [0, 0.05) is 47.8 Å². The Kier molecular flexibility index (Phi) is 6.23. The number of Topliss-reactive ketones (excluding diaryl/α,β-unsaturated/α-hetero) is 2. The Morgan fingerprint density at radius 3 is 2.10 bits per heavy atom. The molecule has 0 radical (unpaired) electrons. The first-order valence-corrected chi connectivity index (χ1v) is 11.9. The number of hydrogen-bond acceptors (Lipinski definition) is 5. The number of allylic oxidation sites excluding steroid dienone is 4. The van der Waals surface area contributed by atoms with Crippen LogP contribution >= 0.6 is 22.6 Å². The van der Waals surface area contributed by atoms with E-state index in [1.54, 1.807) is 7.11 Å². The predicted octanol–water partition coefficient (Wildman–Crippen LogP) is 5.13. The molecule has 1 aromatic carbocycles. The first-order chi connectivity index (χ1) is 14.5. The molecule has 5 nitrogen and oxygen atoms in total. The number of methoxy groups -OCH3 is 1. The van der Waals surface area contributed by atoms with Crippen LogP contribution in [0.1, 0.15) is 63.9 Å². The standard InChI is InChI=1S/C24H28INO4/c1-4-26-16-8-6-10-18(27)22(16)21(23-17(26)9-7-11-19(23)28)14-12-15(25)24(30-5-2)20(13-14)29-3/h12-13,21H,4-11H2,1-3H3. The number of carbonyl (C=O) groups excluding carboxylic acids is 2. The lowest BCUT2D eigenvalue weighted by molar-refractivity contribution is -0.117. The molecule has 1 aromatic rings. The zero-order valence-corrected chi connectivity index (χ0v) is 20.0. The van der Waals surface area contributed by atoms with Crippen molar-refractivity contribution in [3.05, 3.63) is 43.8 Å². The van der Waals surface area contributed by atoms with E-state index in [0.717, 1.165) is 63.9 Å². The summed E-state index contributed by atoms with van der Waals surface area (Å²) in [5, 5.41) is 0. The summed E-state index contributed by atoms with van der Waals surface area (Å²) in [6.07, 6.45) is 4.64. The third kappa shape index (κ3) is 3.47. The maximum Gasteiger partial charge on any atom is 0.174 e. The van der Waals surface area contributed by atoms with Gasteiger partial charge in [-0.2, -0.15) is 0 Å². The van der Waals surface area contributed by atoms with Gasteiger partial charge >= 0.3 is 0 Å². The Balaban J connectivity index is 1.96. The lowest BCUT2D eigenvalue weighted by Gasteiger charge is -2.43. The van der Waals surface area contributed by atoms with Crippen molar-refractivity contribution in [1.29, 1.82) is 0 Å². The van der Waals surface area contributed by atoms with E-state index in [1.807, 2.05) is 13.0 Å². The summed E-state index contributed by atoms with van der Waals surface area (Å²) in [6, 6.07) is 4.01. The Morgan fingerprint density at radius 1 is 1.00 bits per heavy atom. The first kappa shape index (κ1) is 21.4. The van der Waals surface area contributed by atoms with Crippen LogP contribution in [0.4, 0.5) is 0 Å². The first-order valence-electron chi connectivity index (χ1n) is 10.8. The predicted molar refractivity (Wildman–Crippen MR) is 124 cm³/mol. The fraction of sp³-hybridized carbons (Fsp3) is 0.500. The van der Waals surface area contributed by atoms with Gasteiger partial charge in [0.25, 0.3) is 0 Å². The minimum atomic E-state index is -0.309. The van der Waals surface area contributed by atoms with Crippen LogP contribution in [-0.4, -0.2) is 36.7 Å². The Labute approximate surface area is 191 Å². The summed E-state index contributed by atoms with van der Waals surface area (Å²) >= 11 is 2.25. The van der Waals surface area contributed by atoms with Crippen molar-refractivity contribution in [3.63, 3.8) is 0 Å². The van der Waals surface area contributed by atoms with Gasteiger partial charge in [0.05, 0.1) is 17.3 Å².